The fraction of sp³-hybridized carbons (Fsp3) is 0.944. The van der Waals surface area contributed by atoms with E-state index in [1.165, 1.54) is 12.8 Å². The maximum atomic E-state index is 12.1. The minimum atomic E-state index is -0.675. The third-order valence-corrected chi connectivity index (χ3v) is 7.04. The maximum absolute atomic E-state index is 12.1. The normalized spacial score (nSPS) is 26.7. The molecule has 0 heterocycles. The third-order valence-electron chi connectivity index (χ3n) is 5.30. The Hall–Kier alpha value is 0.110. The molecular weight excluding hydrogens is 447 g/mol. The largest absolute Gasteiger partial charge is 0.357 e. The van der Waals surface area contributed by atoms with E-state index in [2.05, 4.69) is 36.4 Å². The molecule has 0 spiro atoms. The van der Waals surface area contributed by atoms with Gasteiger partial charge in [-0.15, -0.1) is 24.0 Å². The van der Waals surface area contributed by atoms with E-state index in [1.807, 2.05) is 6.92 Å². The van der Waals surface area contributed by atoms with E-state index in [0.29, 0.717) is 17.3 Å². The first-order valence-corrected chi connectivity index (χ1v) is 11.1. The van der Waals surface area contributed by atoms with Gasteiger partial charge < -0.3 is 10.6 Å². The monoisotopic (exact) mass is 484 g/mol. The Bertz CT molecular complexity index is 445. The summed E-state index contributed by atoms with van der Waals surface area (Å²) in [6.07, 6.45) is 7.09. The highest BCUT2D eigenvalue weighted by Gasteiger charge is 2.29. The second kappa shape index (κ2) is 11.7. The number of guanidine groups is 1. The summed E-state index contributed by atoms with van der Waals surface area (Å²) in [4.78, 5) is 7.26. The quantitative estimate of drug-likeness (QED) is 0.316. The van der Waals surface area contributed by atoms with Gasteiger partial charge in [0.1, 0.15) is 0 Å². The molecule has 2 fully saturated rings. The van der Waals surface area contributed by atoms with E-state index in [9.17, 15) is 4.21 Å². The number of nitrogens with one attached hydrogen (secondary N) is 2. The highest BCUT2D eigenvalue weighted by Crippen LogP contribution is 2.27. The number of hydrogen-bond acceptors (Lipinski definition) is 3. The molecule has 25 heavy (non-hydrogen) atoms. The molecular formula is C18H37IN4OS. The van der Waals surface area contributed by atoms with Gasteiger partial charge >= 0.3 is 0 Å². The van der Waals surface area contributed by atoms with Crippen LogP contribution >= 0.6 is 24.0 Å². The molecule has 2 aliphatic carbocycles. The molecule has 0 aliphatic heterocycles. The van der Waals surface area contributed by atoms with Crippen LogP contribution in [0.2, 0.25) is 0 Å². The van der Waals surface area contributed by atoms with Crippen LogP contribution in [0.3, 0.4) is 0 Å². The van der Waals surface area contributed by atoms with Crippen LogP contribution in [0, 0.1) is 0 Å². The summed E-state index contributed by atoms with van der Waals surface area (Å²) in [6.45, 7) is 8.07. The van der Waals surface area contributed by atoms with Crippen LogP contribution in [0.1, 0.15) is 59.3 Å². The molecule has 0 radical (unpaired) electrons. The first-order chi connectivity index (χ1) is 11.5. The first-order valence-electron chi connectivity index (χ1n) is 9.69. The van der Waals surface area contributed by atoms with Crippen molar-refractivity contribution in [2.45, 2.75) is 82.7 Å². The van der Waals surface area contributed by atoms with Crippen molar-refractivity contribution in [3.63, 3.8) is 0 Å². The van der Waals surface area contributed by atoms with E-state index in [4.69, 9.17) is 4.99 Å². The lowest BCUT2D eigenvalue weighted by Gasteiger charge is -2.30. The molecule has 2 rings (SSSR count). The Morgan fingerprint density at radius 3 is 2.60 bits per heavy atom. The van der Waals surface area contributed by atoms with Gasteiger partial charge in [-0.3, -0.25) is 14.1 Å². The molecule has 0 aromatic carbocycles. The van der Waals surface area contributed by atoms with Gasteiger partial charge in [0.15, 0.2) is 5.96 Å². The lowest BCUT2D eigenvalue weighted by Crippen LogP contribution is -2.47. The minimum absolute atomic E-state index is 0. The highest BCUT2D eigenvalue weighted by molar-refractivity contribution is 14.0. The summed E-state index contributed by atoms with van der Waals surface area (Å²) in [5.74, 6) is 1.69. The molecule has 7 heteroatoms. The lowest BCUT2D eigenvalue weighted by molar-refractivity contribution is 0.253. The Balaban J connectivity index is 0.00000312. The molecule has 4 unspecified atom stereocenters. The summed E-state index contributed by atoms with van der Waals surface area (Å²) in [6, 6.07) is 1.64. The van der Waals surface area contributed by atoms with Crippen LogP contribution in [0.5, 0.6) is 0 Å². The van der Waals surface area contributed by atoms with Gasteiger partial charge in [-0.05, 0) is 53.0 Å². The van der Waals surface area contributed by atoms with Gasteiger partial charge in [0, 0.05) is 46.5 Å². The van der Waals surface area contributed by atoms with Crippen LogP contribution < -0.4 is 10.6 Å². The average Bonchev–Trinajstić information content (AvgIpc) is 3.43. The lowest BCUT2D eigenvalue weighted by atomic mass is 9.95. The van der Waals surface area contributed by atoms with Gasteiger partial charge in [0.25, 0.3) is 0 Å². The Morgan fingerprint density at radius 1 is 1.28 bits per heavy atom. The van der Waals surface area contributed by atoms with Crippen LogP contribution in [0.4, 0.5) is 0 Å². The van der Waals surface area contributed by atoms with Gasteiger partial charge in [0.2, 0.25) is 0 Å². The van der Waals surface area contributed by atoms with Gasteiger partial charge in [-0.2, -0.15) is 0 Å². The van der Waals surface area contributed by atoms with Gasteiger partial charge in [-0.25, -0.2) is 0 Å². The zero-order valence-corrected chi connectivity index (χ0v) is 19.4. The number of aliphatic imine (C=N–C) groups is 1. The molecule has 4 atom stereocenters. The van der Waals surface area contributed by atoms with Crippen molar-refractivity contribution in [1.82, 2.24) is 15.5 Å². The standard InChI is InChI=1S/C18H36N4OS.HI/c1-5-19-18(20-13-14(3)22(4)16-10-11-16)21-15-8-7-9-17(12-15)24(23)6-2;/h14-17H,5-13H2,1-4H3,(H2,19,20,21);1H. The summed E-state index contributed by atoms with van der Waals surface area (Å²) in [5, 5.41) is 7.31. The fourth-order valence-electron chi connectivity index (χ4n) is 3.46. The maximum Gasteiger partial charge on any atom is 0.191 e. The number of halogens is 1. The number of likely N-dealkylation sites (N-methyl/N-ethyl adjacent to an activating group) is 1. The predicted octanol–water partition coefficient (Wildman–Crippen LogP) is 2.72. The second-order valence-electron chi connectivity index (χ2n) is 7.26. The van der Waals surface area contributed by atoms with Crippen LogP contribution in [0.15, 0.2) is 4.99 Å². The topological polar surface area (TPSA) is 56.7 Å². The van der Waals surface area contributed by atoms with E-state index in [-0.39, 0.29) is 24.0 Å². The van der Waals surface area contributed by atoms with Crippen molar-refractivity contribution in [2.75, 3.05) is 25.9 Å². The smallest absolute Gasteiger partial charge is 0.191 e. The van der Waals surface area contributed by atoms with Crippen molar-refractivity contribution in [3.8, 4) is 0 Å². The first kappa shape index (κ1) is 23.1. The van der Waals surface area contributed by atoms with Crippen molar-refractivity contribution >= 4 is 40.7 Å². The van der Waals surface area contributed by atoms with E-state index < -0.39 is 10.8 Å². The minimum Gasteiger partial charge on any atom is -0.357 e. The van der Waals surface area contributed by atoms with E-state index in [1.54, 1.807) is 0 Å². The Labute approximate surface area is 173 Å². The SMILES string of the molecule is CCNC(=NCC(C)N(C)C1CC1)NC1CCCC(S(=O)CC)C1.I. The molecule has 0 bridgehead atoms. The van der Waals surface area contributed by atoms with Crippen LogP contribution in [-0.2, 0) is 10.8 Å². The van der Waals surface area contributed by atoms with Gasteiger partial charge in [0.05, 0.1) is 6.54 Å². The summed E-state index contributed by atoms with van der Waals surface area (Å²) in [7, 11) is 1.54. The number of hydrogen-bond donors (Lipinski definition) is 2. The molecule has 0 aromatic heterocycles. The number of nitrogens with zero attached hydrogens (tertiary/aromatic N) is 2. The Kier molecular flexibility index (Phi) is 10.9. The predicted molar refractivity (Wildman–Crippen MR) is 120 cm³/mol. The molecule has 0 aromatic rings. The Morgan fingerprint density at radius 2 is 2.00 bits per heavy atom. The molecule has 0 saturated heterocycles. The summed E-state index contributed by atoms with van der Waals surface area (Å²) >= 11 is 0. The van der Waals surface area contributed by atoms with E-state index >= 15 is 0 Å². The van der Waals surface area contributed by atoms with Crippen molar-refractivity contribution in [1.29, 1.82) is 0 Å². The average molecular weight is 484 g/mol. The third kappa shape index (κ3) is 7.71. The van der Waals surface area contributed by atoms with Gasteiger partial charge in [-0.1, -0.05) is 13.3 Å². The highest BCUT2D eigenvalue weighted by atomic mass is 127. The fourth-order valence-corrected chi connectivity index (χ4v) is 4.81. The molecule has 2 saturated carbocycles. The summed E-state index contributed by atoms with van der Waals surface area (Å²) < 4.78 is 12.1. The second-order valence-corrected chi connectivity index (χ2v) is 9.27. The molecule has 0 amide bonds. The zero-order valence-electron chi connectivity index (χ0n) is 16.3. The molecule has 2 N–H and O–H groups in total. The van der Waals surface area contributed by atoms with Crippen molar-refractivity contribution in [2.24, 2.45) is 4.99 Å². The van der Waals surface area contributed by atoms with Crippen molar-refractivity contribution in [3.05, 3.63) is 0 Å². The molecule has 148 valence electrons. The number of rotatable bonds is 8. The molecule has 2 aliphatic rings. The van der Waals surface area contributed by atoms with Crippen molar-refractivity contribution < 1.29 is 4.21 Å². The van der Waals surface area contributed by atoms with E-state index in [0.717, 1.165) is 56.5 Å². The van der Waals surface area contributed by atoms with Crippen LogP contribution in [0.25, 0.3) is 0 Å². The molecule has 5 nitrogen and oxygen atoms in total. The summed E-state index contributed by atoms with van der Waals surface area (Å²) in [5.41, 5.74) is 0. The van der Waals surface area contributed by atoms with Crippen LogP contribution in [-0.4, -0.2) is 64.3 Å². The zero-order chi connectivity index (χ0) is 17.5.